The molecule has 1 N–H and O–H groups in total. The number of carbonyl (C=O) groups is 1. The van der Waals surface area contributed by atoms with Gasteiger partial charge in [0.2, 0.25) is 5.95 Å². The van der Waals surface area contributed by atoms with Crippen LogP contribution in [0, 0.1) is 5.95 Å². The van der Waals surface area contributed by atoms with E-state index < -0.39 is 5.95 Å². The van der Waals surface area contributed by atoms with Gasteiger partial charge in [0.25, 0.3) is 0 Å². The van der Waals surface area contributed by atoms with Crippen LogP contribution in [0.15, 0.2) is 18.3 Å². The summed E-state index contributed by atoms with van der Waals surface area (Å²) in [5.74, 6) is -0.673. The molecule has 2 amide bonds. The zero-order valence-electron chi connectivity index (χ0n) is 10.2. The summed E-state index contributed by atoms with van der Waals surface area (Å²) in [4.78, 5) is 17.2. The normalized spacial score (nSPS) is 19.0. The number of hydrogen-bond acceptors (Lipinski definition) is 3. The van der Waals surface area contributed by atoms with Crippen LogP contribution in [0.5, 0.6) is 0 Å². The molecule has 0 unspecified atom stereocenters. The summed E-state index contributed by atoms with van der Waals surface area (Å²) in [5, 5.41) is 2.53. The van der Waals surface area contributed by atoms with Crippen molar-refractivity contribution in [2.45, 2.75) is 18.9 Å². The van der Waals surface area contributed by atoms with Crippen LogP contribution in [-0.2, 0) is 4.74 Å². The molecule has 18 heavy (non-hydrogen) atoms. The molecule has 98 valence electrons. The summed E-state index contributed by atoms with van der Waals surface area (Å²) >= 11 is 0. The third-order valence-corrected chi connectivity index (χ3v) is 3.00. The van der Waals surface area contributed by atoms with Gasteiger partial charge >= 0.3 is 6.03 Å². The number of urea groups is 1. The van der Waals surface area contributed by atoms with Crippen LogP contribution < -0.4 is 5.32 Å². The summed E-state index contributed by atoms with van der Waals surface area (Å²) in [5.41, 5.74) is 0.102. The highest BCUT2D eigenvalue weighted by atomic mass is 19.1. The average molecular weight is 253 g/mol. The Bertz CT molecular complexity index is 428. The minimum atomic E-state index is -0.673. The second-order valence-electron chi connectivity index (χ2n) is 4.22. The first kappa shape index (κ1) is 12.8. The molecule has 2 rings (SSSR count). The molecule has 0 bridgehead atoms. The molecule has 1 aliphatic rings. The van der Waals surface area contributed by atoms with Crippen molar-refractivity contribution < 1.29 is 13.9 Å². The number of carbonyl (C=O) groups excluding carboxylic acids is 1. The van der Waals surface area contributed by atoms with Crippen molar-refractivity contribution in [2.75, 3.05) is 25.6 Å². The minimum Gasteiger partial charge on any atom is -0.383 e. The maximum atomic E-state index is 13.3. The Morgan fingerprint density at radius 3 is 3.28 bits per heavy atom. The van der Waals surface area contributed by atoms with E-state index >= 15 is 0 Å². The van der Waals surface area contributed by atoms with Crippen molar-refractivity contribution in [2.24, 2.45) is 0 Å². The van der Waals surface area contributed by atoms with E-state index in [0.717, 1.165) is 12.8 Å². The zero-order valence-corrected chi connectivity index (χ0v) is 10.2. The lowest BCUT2D eigenvalue weighted by molar-refractivity contribution is 0.128. The highest BCUT2D eigenvalue weighted by molar-refractivity contribution is 5.89. The molecule has 1 aromatic rings. The predicted octanol–water partition coefficient (Wildman–Crippen LogP) is 1.86. The van der Waals surface area contributed by atoms with E-state index in [1.54, 1.807) is 18.1 Å². The number of amides is 2. The van der Waals surface area contributed by atoms with Crippen LogP contribution in [0.3, 0.4) is 0 Å². The van der Waals surface area contributed by atoms with Gasteiger partial charge in [-0.2, -0.15) is 4.39 Å². The van der Waals surface area contributed by atoms with Gasteiger partial charge in [0, 0.05) is 19.9 Å². The first-order chi connectivity index (χ1) is 8.72. The molecule has 0 aliphatic carbocycles. The highest BCUT2D eigenvalue weighted by Gasteiger charge is 2.28. The Morgan fingerprint density at radius 1 is 1.72 bits per heavy atom. The molecule has 0 radical (unpaired) electrons. The second kappa shape index (κ2) is 5.77. The number of nitrogens with zero attached hydrogens (tertiary/aromatic N) is 2. The van der Waals surface area contributed by atoms with Gasteiger partial charge in [0.05, 0.1) is 18.3 Å². The van der Waals surface area contributed by atoms with E-state index in [-0.39, 0.29) is 17.8 Å². The third-order valence-electron chi connectivity index (χ3n) is 3.00. The second-order valence-corrected chi connectivity index (χ2v) is 4.22. The van der Waals surface area contributed by atoms with E-state index in [1.807, 2.05) is 0 Å². The van der Waals surface area contributed by atoms with E-state index in [1.165, 1.54) is 12.3 Å². The first-order valence-electron chi connectivity index (χ1n) is 5.89. The van der Waals surface area contributed by atoms with Crippen molar-refractivity contribution in [1.82, 2.24) is 9.88 Å². The van der Waals surface area contributed by atoms with Crippen LogP contribution in [0.4, 0.5) is 14.9 Å². The molecule has 0 saturated carbocycles. The highest BCUT2D eigenvalue weighted by Crippen LogP contribution is 2.19. The minimum absolute atomic E-state index is 0.0646. The van der Waals surface area contributed by atoms with Crippen molar-refractivity contribution in [3.05, 3.63) is 24.3 Å². The van der Waals surface area contributed by atoms with Crippen LogP contribution in [-0.4, -0.2) is 42.2 Å². The fourth-order valence-electron chi connectivity index (χ4n) is 2.14. The molecular weight excluding hydrogens is 237 g/mol. The van der Waals surface area contributed by atoms with E-state index in [2.05, 4.69) is 10.3 Å². The Kier molecular flexibility index (Phi) is 4.09. The molecular formula is C12H16FN3O2. The monoisotopic (exact) mass is 253 g/mol. The number of likely N-dealkylation sites (tertiary alicyclic amines) is 1. The van der Waals surface area contributed by atoms with Gasteiger partial charge in [-0.25, -0.2) is 9.78 Å². The molecule has 2 heterocycles. The van der Waals surface area contributed by atoms with Crippen molar-refractivity contribution in [3.63, 3.8) is 0 Å². The fourth-order valence-corrected chi connectivity index (χ4v) is 2.14. The quantitative estimate of drug-likeness (QED) is 0.836. The lowest BCUT2D eigenvalue weighted by atomic mass is 10.2. The molecule has 1 aliphatic heterocycles. The van der Waals surface area contributed by atoms with E-state index in [4.69, 9.17) is 4.74 Å². The number of aromatic nitrogens is 1. The Morgan fingerprint density at radius 2 is 2.56 bits per heavy atom. The van der Waals surface area contributed by atoms with Gasteiger partial charge in [-0.05, 0) is 25.0 Å². The van der Waals surface area contributed by atoms with Crippen LogP contribution in [0.2, 0.25) is 0 Å². The topological polar surface area (TPSA) is 54.5 Å². The Hall–Kier alpha value is -1.69. The lowest BCUT2D eigenvalue weighted by Crippen LogP contribution is -2.41. The van der Waals surface area contributed by atoms with Crippen LogP contribution >= 0.6 is 0 Å². The Labute approximate surface area is 105 Å². The molecule has 0 aromatic carbocycles. The number of nitrogens with one attached hydrogen (secondary N) is 1. The van der Waals surface area contributed by atoms with Gasteiger partial charge in [-0.1, -0.05) is 0 Å². The van der Waals surface area contributed by atoms with Gasteiger partial charge in [0.1, 0.15) is 0 Å². The van der Waals surface area contributed by atoms with Crippen LogP contribution in [0.1, 0.15) is 12.8 Å². The number of rotatable bonds is 3. The first-order valence-corrected chi connectivity index (χ1v) is 5.89. The number of pyridine rings is 1. The zero-order chi connectivity index (χ0) is 13.0. The third kappa shape index (κ3) is 2.76. The fraction of sp³-hybridized carbons (Fsp3) is 0.500. The molecule has 1 atom stereocenters. The predicted molar refractivity (Wildman–Crippen MR) is 64.8 cm³/mol. The molecule has 1 aromatic heterocycles. The summed E-state index contributed by atoms with van der Waals surface area (Å²) in [6.07, 6.45) is 3.20. The average Bonchev–Trinajstić information content (AvgIpc) is 2.81. The number of ether oxygens (including phenoxy) is 1. The smallest absolute Gasteiger partial charge is 0.322 e. The summed E-state index contributed by atoms with van der Waals surface area (Å²) in [7, 11) is 1.61. The van der Waals surface area contributed by atoms with Crippen molar-refractivity contribution >= 4 is 11.7 Å². The molecule has 6 heteroatoms. The maximum Gasteiger partial charge on any atom is 0.322 e. The standard InChI is InChI=1S/C12H16FN3O2/c1-18-8-9-4-3-7-16(9)12(17)15-10-5-2-6-14-11(10)13/h2,5-6,9H,3-4,7-8H2,1H3,(H,15,17)/t9-/m0/s1. The summed E-state index contributed by atoms with van der Waals surface area (Å²) in [6, 6.07) is 2.83. The van der Waals surface area contributed by atoms with Gasteiger partial charge in [0.15, 0.2) is 0 Å². The molecule has 5 nitrogen and oxygen atoms in total. The number of halogens is 1. The van der Waals surface area contributed by atoms with Gasteiger partial charge in [-0.15, -0.1) is 0 Å². The number of anilines is 1. The molecule has 0 spiro atoms. The summed E-state index contributed by atoms with van der Waals surface area (Å²) < 4.78 is 18.4. The van der Waals surface area contributed by atoms with Crippen LogP contribution in [0.25, 0.3) is 0 Å². The maximum absolute atomic E-state index is 13.3. The van der Waals surface area contributed by atoms with Gasteiger partial charge in [-0.3, -0.25) is 0 Å². The summed E-state index contributed by atoms with van der Waals surface area (Å²) in [6.45, 7) is 1.17. The number of hydrogen-bond donors (Lipinski definition) is 1. The lowest BCUT2D eigenvalue weighted by Gasteiger charge is -2.24. The van der Waals surface area contributed by atoms with Crippen molar-refractivity contribution in [1.29, 1.82) is 0 Å². The van der Waals surface area contributed by atoms with E-state index in [9.17, 15) is 9.18 Å². The van der Waals surface area contributed by atoms with E-state index in [0.29, 0.717) is 13.2 Å². The molecule has 1 fully saturated rings. The largest absolute Gasteiger partial charge is 0.383 e. The Balaban J connectivity index is 2.01. The number of methoxy groups -OCH3 is 1. The SMILES string of the molecule is COC[C@@H]1CCCN1C(=O)Nc1cccnc1F. The van der Waals surface area contributed by atoms with Crippen molar-refractivity contribution in [3.8, 4) is 0 Å². The molecule has 1 saturated heterocycles. The van der Waals surface area contributed by atoms with Gasteiger partial charge < -0.3 is 15.0 Å².